The molecular formula is C50H92NO7+. The van der Waals surface area contributed by atoms with Crippen LogP contribution < -0.4 is 0 Å². The minimum absolute atomic E-state index is 0.0433. The minimum Gasteiger partial charge on any atom is -0.477 e. The highest BCUT2D eigenvalue weighted by molar-refractivity contribution is 5.72. The van der Waals surface area contributed by atoms with Gasteiger partial charge in [0.25, 0.3) is 0 Å². The number of rotatable bonds is 43. The van der Waals surface area contributed by atoms with E-state index in [1.807, 2.05) is 21.1 Å². The van der Waals surface area contributed by atoms with Crippen molar-refractivity contribution in [2.45, 2.75) is 225 Å². The number of hydrogen-bond acceptors (Lipinski definition) is 6. The summed E-state index contributed by atoms with van der Waals surface area (Å²) in [5.41, 5.74) is 0. The van der Waals surface area contributed by atoms with Crippen molar-refractivity contribution < 1.29 is 38.2 Å². The van der Waals surface area contributed by atoms with Gasteiger partial charge in [-0.15, -0.1) is 0 Å². The first kappa shape index (κ1) is 55.5. The van der Waals surface area contributed by atoms with Crippen LogP contribution in [0, 0.1) is 0 Å². The van der Waals surface area contributed by atoms with E-state index in [4.69, 9.17) is 14.2 Å². The first-order chi connectivity index (χ1) is 28.1. The molecule has 0 saturated carbocycles. The fourth-order valence-electron chi connectivity index (χ4n) is 7.12. The van der Waals surface area contributed by atoms with Gasteiger partial charge in [-0.1, -0.05) is 192 Å². The summed E-state index contributed by atoms with van der Waals surface area (Å²) in [5, 5.41) is 9.62. The number of nitrogens with zero attached hydrogens (tertiary/aromatic N) is 1. The second-order valence-electron chi connectivity index (χ2n) is 17.3. The Morgan fingerprint density at radius 1 is 0.534 bits per heavy atom. The van der Waals surface area contributed by atoms with Crippen LogP contribution in [-0.2, 0) is 28.6 Å². The van der Waals surface area contributed by atoms with E-state index in [2.05, 4.69) is 50.3 Å². The number of carbonyl (C=O) groups is 3. The van der Waals surface area contributed by atoms with Crippen LogP contribution in [0.1, 0.15) is 213 Å². The van der Waals surface area contributed by atoms with Crippen LogP contribution >= 0.6 is 0 Å². The molecule has 0 amide bonds. The number of esters is 2. The number of aliphatic carboxylic acids is 1. The molecule has 0 aromatic rings. The highest BCUT2D eigenvalue weighted by Gasteiger charge is 2.31. The van der Waals surface area contributed by atoms with Gasteiger partial charge in [-0.3, -0.25) is 9.59 Å². The largest absolute Gasteiger partial charge is 0.477 e. The molecule has 0 fully saturated rings. The van der Waals surface area contributed by atoms with E-state index in [1.54, 1.807) is 0 Å². The lowest BCUT2D eigenvalue weighted by molar-refractivity contribution is -0.887. The molecule has 0 aliphatic rings. The van der Waals surface area contributed by atoms with Crippen LogP contribution in [0.2, 0.25) is 0 Å². The molecule has 0 bridgehead atoms. The number of hydrogen-bond donors (Lipinski definition) is 1. The number of likely N-dealkylation sites (N-methyl/N-ethyl adjacent to an activating group) is 1. The van der Waals surface area contributed by atoms with Crippen LogP contribution in [-0.4, -0.2) is 80.6 Å². The molecule has 0 rings (SSSR count). The summed E-state index contributed by atoms with van der Waals surface area (Å²) in [6.07, 6.45) is 47.9. The predicted molar refractivity (Wildman–Crippen MR) is 243 cm³/mol. The summed E-state index contributed by atoms with van der Waals surface area (Å²) in [6.45, 7) is 4.58. The van der Waals surface area contributed by atoms with E-state index < -0.39 is 18.1 Å². The lowest BCUT2D eigenvalue weighted by Gasteiger charge is -2.31. The predicted octanol–water partition coefficient (Wildman–Crippen LogP) is 13.4. The molecular weight excluding hydrogens is 727 g/mol. The van der Waals surface area contributed by atoms with Crippen molar-refractivity contribution >= 4 is 17.9 Å². The lowest BCUT2D eigenvalue weighted by atomic mass is 10.0. The summed E-state index contributed by atoms with van der Waals surface area (Å²) in [6, 6.07) is -0.621. The maximum absolute atomic E-state index is 12.7. The molecule has 2 atom stereocenters. The molecule has 0 aliphatic carbocycles. The maximum atomic E-state index is 12.7. The smallest absolute Gasteiger partial charge is 0.362 e. The standard InChI is InChI=1S/C50H91NO7/c1-6-8-10-12-14-16-18-19-20-21-22-23-24-25-26-27-28-29-31-32-34-36-38-40-48(52)57-45-46(44-56-43-42-47(50(54)55)51(3,4)5)58-49(53)41-39-37-35-33-30-17-15-13-11-9-7-2/h9,11,15,17,33,35,46-47H,6-8,10,12-14,16,18-32,34,36-45H2,1-5H3/p+1/b11-9+,17-15+,35-33+. The van der Waals surface area contributed by atoms with Gasteiger partial charge < -0.3 is 23.8 Å². The number of carboxylic acid groups (broad SMARTS) is 1. The zero-order chi connectivity index (χ0) is 42.8. The van der Waals surface area contributed by atoms with E-state index in [0.717, 1.165) is 44.9 Å². The molecule has 0 spiro atoms. The normalized spacial score (nSPS) is 13.2. The van der Waals surface area contributed by atoms with Crippen molar-refractivity contribution in [1.82, 2.24) is 0 Å². The molecule has 0 heterocycles. The van der Waals surface area contributed by atoms with E-state index in [0.29, 0.717) is 19.3 Å². The maximum Gasteiger partial charge on any atom is 0.362 e. The number of quaternary nitrogens is 1. The second-order valence-corrected chi connectivity index (χ2v) is 17.3. The fourth-order valence-corrected chi connectivity index (χ4v) is 7.12. The molecule has 0 saturated heterocycles. The van der Waals surface area contributed by atoms with Gasteiger partial charge in [0.05, 0.1) is 34.4 Å². The van der Waals surface area contributed by atoms with Crippen LogP contribution in [0.3, 0.4) is 0 Å². The van der Waals surface area contributed by atoms with Crippen LogP contribution in [0.4, 0.5) is 0 Å². The van der Waals surface area contributed by atoms with E-state index in [9.17, 15) is 19.5 Å². The number of carbonyl (C=O) groups excluding carboxylic acids is 2. The summed E-state index contributed by atoms with van der Waals surface area (Å²) in [5.74, 6) is -1.53. The van der Waals surface area contributed by atoms with Gasteiger partial charge in [-0.05, 0) is 38.5 Å². The molecule has 8 nitrogen and oxygen atoms in total. The minimum atomic E-state index is -0.882. The molecule has 338 valence electrons. The molecule has 1 N–H and O–H groups in total. The third kappa shape index (κ3) is 39.0. The van der Waals surface area contributed by atoms with Gasteiger partial charge in [0.1, 0.15) is 6.61 Å². The van der Waals surface area contributed by atoms with Crippen molar-refractivity contribution in [3.05, 3.63) is 36.5 Å². The highest BCUT2D eigenvalue weighted by Crippen LogP contribution is 2.16. The molecule has 58 heavy (non-hydrogen) atoms. The van der Waals surface area contributed by atoms with Crippen molar-refractivity contribution in [2.75, 3.05) is 41.0 Å². The third-order valence-electron chi connectivity index (χ3n) is 10.8. The summed E-state index contributed by atoms with van der Waals surface area (Å²) >= 11 is 0. The summed E-state index contributed by atoms with van der Waals surface area (Å²) in [4.78, 5) is 36.9. The van der Waals surface area contributed by atoms with Crippen LogP contribution in [0.15, 0.2) is 36.5 Å². The first-order valence-corrected chi connectivity index (χ1v) is 24.0. The van der Waals surface area contributed by atoms with E-state index >= 15 is 0 Å². The number of ether oxygens (including phenoxy) is 3. The SMILES string of the molecule is CC/C=C/C/C=C/C/C=C/CCCC(=O)OC(COCCC(C(=O)O)[N+](C)(C)C)COC(=O)CCCCCCCCCCCCCCCCCCCCCCCCC. The molecule has 0 radical (unpaired) electrons. The fraction of sp³-hybridized carbons (Fsp3) is 0.820. The monoisotopic (exact) mass is 819 g/mol. The Kier molecular flexibility index (Phi) is 39.5. The highest BCUT2D eigenvalue weighted by atomic mass is 16.6. The average molecular weight is 819 g/mol. The average Bonchev–Trinajstić information content (AvgIpc) is 3.18. The zero-order valence-electron chi connectivity index (χ0n) is 38.5. The van der Waals surface area contributed by atoms with Crippen molar-refractivity contribution in [3.8, 4) is 0 Å². The molecule has 8 heteroatoms. The topological polar surface area (TPSA) is 99.1 Å². The van der Waals surface area contributed by atoms with Gasteiger partial charge in [-0.25, -0.2) is 4.79 Å². The Balaban J connectivity index is 4.16. The van der Waals surface area contributed by atoms with Crippen molar-refractivity contribution in [3.63, 3.8) is 0 Å². The first-order valence-electron chi connectivity index (χ1n) is 24.0. The lowest BCUT2D eigenvalue weighted by Crippen LogP contribution is -2.50. The Morgan fingerprint density at radius 3 is 1.41 bits per heavy atom. The summed E-state index contributed by atoms with van der Waals surface area (Å²) in [7, 11) is 5.51. The Morgan fingerprint density at radius 2 is 0.966 bits per heavy atom. The van der Waals surface area contributed by atoms with Crippen LogP contribution in [0.5, 0.6) is 0 Å². The van der Waals surface area contributed by atoms with Crippen LogP contribution in [0.25, 0.3) is 0 Å². The zero-order valence-corrected chi connectivity index (χ0v) is 38.5. The van der Waals surface area contributed by atoms with Gasteiger partial charge in [0.2, 0.25) is 0 Å². The molecule has 0 aromatic heterocycles. The van der Waals surface area contributed by atoms with Gasteiger partial charge in [0, 0.05) is 19.3 Å². The van der Waals surface area contributed by atoms with E-state index in [1.165, 1.54) is 128 Å². The van der Waals surface area contributed by atoms with Gasteiger partial charge >= 0.3 is 17.9 Å². The Bertz CT molecular complexity index is 1050. The Hall–Kier alpha value is -2.45. The molecule has 0 aromatic carbocycles. The van der Waals surface area contributed by atoms with Crippen molar-refractivity contribution in [2.24, 2.45) is 0 Å². The number of unbranched alkanes of at least 4 members (excludes halogenated alkanes) is 23. The molecule has 2 unspecified atom stereocenters. The second kappa shape index (κ2) is 41.3. The quantitative estimate of drug-likeness (QED) is 0.0283. The van der Waals surface area contributed by atoms with Gasteiger partial charge in [0.15, 0.2) is 12.1 Å². The summed E-state index contributed by atoms with van der Waals surface area (Å²) < 4.78 is 17.2. The number of allylic oxidation sites excluding steroid dienone is 6. The van der Waals surface area contributed by atoms with Crippen molar-refractivity contribution in [1.29, 1.82) is 0 Å². The van der Waals surface area contributed by atoms with E-state index in [-0.39, 0.29) is 42.7 Å². The third-order valence-corrected chi connectivity index (χ3v) is 10.8. The molecule has 0 aliphatic heterocycles. The Labute approximate surface area is 357 Å². The van der Waals surface area contributed by atoms with Gasteiger partial charge in [-0.2, -0.15) is 0 Å². The number of carboxylic acids is 1.